The summed E-state index contributed by atoms with van der Waals surface area (Å²) in [4.78, 5) is 24.1. The Balaban J connectivity index is 0.000000184. The molecule has 12 atom stereocenters. The molecule has 4 unspecified atom stereocenters. The molecule has 2 aliphatic carbocycles. The van der Waals surface area contributed by atoms with Gasteiger partial charge in [-0.1, -0.05) is 136 Å². The number of ether oxygens (including phenoxy) is 6. The van der Waals surface area contributed by atoms with E-state index >= 15 is 0 Å². The summed E-state index contributed by atoms with van der Waals surface area (Å²) < 4.78 is 36.1. The van der Waals surface area contributed by atoms with Crippen LogP contribution in [0, 0.1) is 5.92 Å². The van der Waals surface area contributed by atoms with Gasteiger partial charge < -0.3 is 48.8 Å². The summed E-state index contributed by atoms with van der Waals surface area (Å²) in [5, 5.41) is 41.4. The lowest BCUT2D eigenvalue weighted by Gasteiger charge is -2.44. The third-order valence-corrected chi connectivity index (χ3v) is 17.6. The van der Waals surface area contributed by atoms with Crippen LogP contribution in [0.4, 0.5) is 0 Å². The van der Waals surface area contributed by atoms with Gasteiger partial charge in [-0.15, -0.1) is 0 Å². The number of halogens is 2. The molecule has 14 heteroatoms. The molecule has 4 aromatic carbocycles. The van der Waals surface area contributed by atoms with Crippen LogP contribution in [0.3, 0.4) is 0 Å². The number of hydrogen-bond acceptors (Lipinski definition) is 12. The first-order valence-electron chi connectivity index (χ1n) is 26.9. The van der Waals surface area contributed by atoms with Gasteiger partial charge in [0.05, 0.1) is 37.1 Å². The van der Waals surface area contributed by atoms with E-state index in [9.17, 15) is 30.0 Å². The number of hydrogen-bond donors (Lipinski definition) is 4. The second-order valence-corrected chi connectivity index (χ2v) is 22.8. The molecule has 74 heavy (non-hydrogen) atoms. The Morgan fingerprint density at radius 2 is 1.03 bits per heavy atom. The summed E-state index contributed by atoms with van der Waals surface area (Å²) in [6.45, 7) is 7.90. The molecule has 0 aromatic heterocycles. The largest absolute Gasteiger partial charge is 0.458 e. The van der Waals surface area contributed by atoms with Crippen LogP contribution in [0.25, 0.3) is 0 Å². The highest BCUT2D eigenvalue weighted by Gasteiger charge is 2.49. The standard InChI is InChI=1S/C33H41ClO6.C27H33ClO6/c1-5-29-20(2)30(38-21(3)35)32(39-22(4)36)31(40-29)25-12-13-28(34)26(17-25)16-23-8-10-24(11-9-23)27-18-33(37-19-27)14-6-7-15-33;28-21-8-7-18(26-25(32)24(31)23(30)22(14-29)34-26)12-19(21)11-16-3-5-17(6-4-16)20-13-27(33-15-20)9-1-2-10-27/h8-13,17,20,27,29-32H,5-7,14-16,18-19H2,1-4H3;3-8,12,20,22-26,29-32H,1-2,9-11,13-15H2/t20-,27?,29-,30+,31?,32-;20?,22-,23-,24+,25-,26?/m11/s1. The van der Waals surface area contributed by atoms with Crippen LogP contribution in [-0.2, 0) is 50.9 Å². The Labute approximate surface area is 445 Å². The maximum atomic E-state index is 12.1. The van der Waals surface area contributed by atoms with Crippen molar-refractivity contribution in [3.8, 4) is 0 Å². The summed E-state index contributed by atoms with van der Waals surface area (Å²) in [5.41, 5.74) is 8.47. The van der Waals surface area contributed by atoms with Crippen molar-refractivity contribution in [1.29, 1.82) is 0 Å². The van der Waals surface area contributed by atoms with Crippen LogP contribution >= 0.6 is 23.2 Å². The Morgan fingerprint density at radius 1 is 0.595 bits per heavy atom. The van der Waals surface area contributed by atoms with E-state index in [-0.39, 0.29) is 23.2 Å². The highest BCUT2D eigenvalue weighted by atomic mass is 35.5. The number of carbonyl (C=O) groups is 2. The molecule has 6 aliphatic rings. The predicted octanol–water partition coefficient (Wildman–Crippen LogP) is 10.4. The van der Waals surface area contributed by atoms with Crippen molar-refractivity contribution < 1.29 is 58.4 Å². The Bertz CT molecular complexity index is 2540. The topological polar surface area (TPSA) is 170 Å². The van der Waals surface area contributed by atoms with Crippen LogP contribution in [0.1, 0.15) is 167 Å². The van der Waals surface area contributed by atoms with E-state index in [0.717, 1.165) is 60.3 Å². The van der Waals surface area contributed by atoms with Crippen LogP contribution in [0.5, 0.6) is 0 Å². The van der Waals surface area contributed by atoms with Gasteiger partial charge in [0.25, 0.3) is 0 Å². The molecule has 4 aromatic rings. The molecule has 12 nitrogen and oxygen atoms in total. The molecule has 400 valence electrons. The molecule has 4 aliphatic heterocycles. The molecule has 10 rings (SSSR count). The van der Waals surface area contributed by atoms with E-state index in [2.05, 4.69) is 48.5 Å². The van der Waals surface area contributed by atoms with Crippen molar-refractivity contribution in [2.75, 3.05) is 19.8 Å². The molecule has 4 saturated heterocycles. The molecule has 2 saturated carbocycles. The summed E-state index contributed by atoms with van der Waals surface area (Å²) in [5.74, 6) is -0.0790. The first kappa shape index (κ1) is 54.9. The second-order valence-electron chi connectivity index (χ2n) is 22.0. The molecule has 4 heterocycles. The van der Waals surface area contributed by atoms with E-state index in [1.807, 2.05) is 38.1 Å². The van der Waals surface area contributed by atoms with E-state index < -0.39 is 67.4 Å². The fourth-order valence-electron chi connectivity index (χ4n) is 12.8. The van der Waals surface area contributed by atoms with Crippen LogP contribution in [0.2, 0.25) is 10.0 Å². The van der Waals surface area contributed by atoms with E-state index in [1.165, 1.54) is 76.3 Å². The number of carbonyl (C=O) groups excluding carboxylic acids is 2. The van der Waals surface area contributed by atoms with Crippen LogP contribution in [-0.4, -0.2) is 106 Å². The van der Waals surface area contributed by atoms with E-state index in [4.69, 9.17) is 51.6 Å². The van der Waals surface area contributed by atoms with E-state index in [0.29, 0.717) is 40.3 Å². The van der Waals surface area contributed by atoms with Gasteiger partial charge in [0.1, 0.15) is 42.7 Å². The molecular formula is C60H74Cl2O12. The summed E-state index contributed by atoms with van der Waals surface area (Å²) in [6.07, 6.45) is 6.05. The van der Waals surface area contributed by atoms with Crippen LogP contribution in [0.15, 0.2) is 84.9 Å². The fourth-order valence-corrected chi connectivity index (χ4v) is 13.2. The zero-order chi connectivity index (χ0) is 52.3. The van der Waals surface area contributed by atoms with Gasteiger partial charge in [-0.25, -0.2) is 0 Å². The van der Waals surface area contributed by atoms with Gasteiger partial charge in [0, 0.05) is 41.6 Å². The monoisotopic (exact) mass is 1060 g/mol. The zero-order valence-corrected chi connectivity index (χ0v) is 44.6. The van der Waals surface area contributed by atoms with Crippen molar-refractivity contribution in [3.63, 3.8) is 0 Å². The van der Waals surface area contributed by atoms with Crippen molar-refractivity contribution in [2.45, 2.75) is 189 Å². The lowest BCUT2D eigenvalue weighted by molar-refractivity contribution is -0.231. The molecule has 0 amide bonds. The van der Waals surface area contributed by atoms with Gasteiger partial charge in [-0.2, -0.15) is 0 Å². The molecule has 4 N–H and O–H groups in total. The van der Waals surface area contributed by atoms with Gasteiger partial charge >= 0.3 is 11.9 Å². The van der Waals surface area contributed by atoms with E-state index in [1.54, 1.807) is 12.1 Å². The van der Waals surface area contributed by atoms with Gasteiger partial charge in [-0.3, -0.25) is 9.59 Å². The van der Waals surface area contributed by atoms with Gasteiger partial charge in [-0.05, 0) is 114 Å². The molecular weight excluding hydrogens is 984 g/mol. The molecule has 0 radical (unpaired) electrons. The average molecular weight is 1060 g/mol. The second kappa shape index (κ2) is 23.8. The van der Waals surface area contributed by atoms with Gasteiger partial charge in [0.15, 0.2) is 6.10 Å². The first-order valence-corrected chi connectivity index (χ1v) is 27.7. The maximum absolute atomic E-state index is 12.1. The maximum Gasteiger partial charge on any atom is 0.303 e. The minimum absolute atomic E-state index is 0.113. The number of aliphatic hydroxyl groups excluding tert-OH is 4. The highest BCUT2D eigenvalue weighted by molar-refractivity contribution is 6.31. The average Bonchev–Trinajstić information content (AvgIpc) is 4.24. The predicted molar refractivity (Wildman–Crippen MR) is 281 cm³/mol. The lowest BCUT2D eigenvalue weighted by Crippen LogP contribution is -2.55. The Morgan fingerprint density at radius 3 is 1.47 bits per heavy atom. The minimum Gasteiger partial charge on any atom is -0.458 e. The Kier molecular flexibility index (Phi) is 17.6. The van der Waals surface area contributed by atoms with Crippen molar-refractivity contribution in [3.05, 3.63) is 139 Å². The minimum atomic E-state index is -1.41. The number of benzene rings is 4. The number of rotatable bonds is 12. The SMILES string of the molecule is CC[C@H]1OC(c2ccc(Cl)c(Cc3ccc(C4COC5(CCCC5)C4)cc3)c2)[C@H](OC(C)=O)[C@@H](OC(C)=O)[C@@H]1C.OC[C@H]1OC(c2ccc(Cl)c(Cc3ccc(C4COC5(CCCC5)C4)cc3)c2)[C@H](O)[C@@H](O)[C@@H]1O. The zero-order valence-electron chi connectivity index (χ0n) is 43.1. The smallest absolute Gasteiger partial charge is 0.303 e. The highest BCUT2D eigenvalue weighted by Crippen LogP contribution is 2.48. The number of esters is 2. The Hall–Kier alpha value is -3.92. The third kappa shape index (κ3) is 12.3. The van der Waals surface area contributed by atoms with Crippen molar-refractivity contribution >= 4 is 35.1 Å². The molecule has 2 spiro atoms. The molecule has 6 fully saturated rings. The summed E-state index contributed by atoms with van der Waals surface area (Å²) >= 11 is 13.2. The normalized spacial score (nSPS) is 31.1. The lowest BCUT2D eigenvalue weighted by atomic mass is 9.84. The van der Waals surface area contributed by atoms with Gasteiger partial charge in [0.2, 0.25) is 0 Å². The van der Waals surface area contributed by atoms with Crippen molar-refractivity contribution in [2.24, 2.45) is 5.92 Å². The summed E-state index contributed by atoms with van der Waals surface area (Å²) in [7, 11) is 0. The first-order chi connectivity index (χ1) is 35.6. The van der Waals surface area contributed by atoms with Crippen LogP contribution < -0.4 is 0 Å². The fraction of sp³-hybridized carbons (Fsp3) is 0.567. The third-order valence-electron chi connectivity index (χ3n) is 16.9. The number of aliphatic hydroxyl groups is 4. The quantitative estimate of drug-likeness (QED) is 0.0992. The van der Waals surface area contributed by atoms with Crippen molar-refractivity contribution in [1.82, 2.24) is 0 Å². The molecule has 0 bridgehead atoms. The summed E-state index contributed by atoms with van der Waals surface area (Å²) in [6, 6.07) is 28.6.